The average Bonchev–Trinajstić information content (AvgIpc) is 2.14. The van der Waals surface area contributed by atoms with E-state index in [2.05, 4.69) is 22.5 Å². The van der Waals surface area contributed by atoms with Gasteiger partial charge in [0, 0.05) is 12.5 Å². The first-order chi connectivity index (χ1) is 7.04. The van der Waals surface area contributed by atoms with Crippen LogP contribution >= 0.6 is 15.9 Å². The molecule has 0 saturated heterocycles. The molecular formula is C11H11BrF2O. The van der Waals surface area contributed by atoms with Crippen LogP contribution in [0.5, 0.6) is 5.75 Å². The maximum atomic E-state index is 12.9. The Kier molecular flexibility index (Phi) is 4.27. The van der Waals surface area contributed by atoms with Gasteiger partial charge in [0.05, 0.1) is 10.6 Å². The first kappa shape index (κ1) is 12.2. The van der Waals surface area contributed by atoms with Crippen molar-refractivity contribution < 1.29 is 13.5 Å². The molecule has 0 N–H and O–H groups in total. The molecule has 0 radical (unpaired) electrons. The van der Waals surface area contributed by atoms with E-state index in [1.165, 1.54) is 0 Å². The van der Waals surface area contributed by atoms with Gasteiger partial charge in [0.1, 0.15) is 5.75 Å². The Balaban J connectivity index is 2.85. The maximum Gasteiger partial charge on any atom is 0.162 e. The maximum absolute atomic E-state index is 12.9. The molecule has 0 aliphatic carbocycles. The van der Waals surface area contributed by atoms with Crippen molar-refractivity contribution in [1.82, 2.24) is 0 Å². The van der Waals surface area contributed by atoms with Gasteiger partial charge in [-0.3, -0.25) is 0 Å². The molecule has 0 heterocycles. The average molecular weight is 277 g/mol. The molecule has 1 unspecified atom stereocenters. The molecule has 0 saturated carbocycles. The fourth-order valence-corrected chi connectivity index (χ4v) is 1.50. The van der Waals surface area contributed by atoms with Crippen molar-refractivity contribution in [3.63, 3.8) is 0 Å². The van der Waals surface area contributed by atoms with Gasteiger partial charge in [-0.25, -0.2) is 8.78 Å². The second-order valence-corrected chi connectivity index (χ2v) is 4.00. The highest BCUT2D eigenvalue weighted by molar-refractivity contribution is 9.10. The number of benzene rings is 1. The van der Waals surface area contributed by atoms with Crippen molar-refractivity contribution in [2.24, 2.45) is 0 Å². The zero-order valence-electron chi connectivity index (χ0n) is 8.27. The van der Waals surface area contributed by atoms with Gasteiger partial charge in [0.2, 0.25) is 0 Å². The van der Waals surface area contributed by atoms with Gasteiger partial charge in [-0.15, -0.1) is 6.58 Å². The molecule has 0 fully saturated rings. The van der Waals surface area contributed by atoms with E-state index in [0.29, 0.717) is 16.6 Å². The minimum Gasteiger partial charge on any atom is -0.489 e. The number of rotatable bonds is 4. The third kappa shape index (κ3) is 3.30. The highest BCUT2D eigenvalue weighted by Gasteiger charge is 2.11. The summed E-state index contributed by atoms with van der Waals surface area (Å²) in [6.07, 6.45) is 2.23. The number of hydrogen-bond acceptors (Lipinski definition) is 1. The van der Waals surface area contributed by atoms with Gasteiger partial charge >= 0.3 is 0 Å². The fraction of sp³-hybridized carbons (Fsp3) is 0.273. The first-order valence-corrected chi connectivity index (χ1v) is 5.26. The Bertz CT molecular complexity index is 366. The molecule has 15 heavy (non-hydrogen) atoms. The zero-order chi connectivity index (χ0) is 11.4. The minimum atomic E-state index is -0.918. The van der Waals surface area contributed by atoms with Crippen LogP contribution in [0.3, 0.4) is 0 Å². The molecule has 4 heteroatoms. The van der Waals surface area contributed by atoms with Crippen LogP contribution in [0.15, 0.2) is 29.3 Å². The predicted octanol–water partition coefficient (Wildman–Crippen LogP) is 4.07. The second-order valence-electron chi connectivity index (χ2n) is 3.15. The van der Waals surface area contributed by atoms with E-state index in [1.807, 2.05) is 6.92 Å². The molecule has 0 amide bonds. The van der Waals surface area contributed by atoms with E-state index in [0.717, 1.165) is 12.1 Å². The molecule has 1 nitrogen and oxygen atoms in total. The van der Waals surface area contributed by atoms with Crippen molar-refractivity contribution in [3.8, 4) is 5.75 Å². The van der Waals surface area contributed by atoms with Crippen LogP contribution in [0.2, 0.25) is 0 Å². The van der Waals surface area contributed by atoms with Gasteiger partial charge in [0.15, 0.2) is 11.6 Å². The molecule has 0 aliphatic rings. The van der Waals surface area contributed by atoms with Crippen molar-refractivity contribution in [3.05, 3.63) is 40.9 Å². The molecule has 0 bridgehead atoms. The monoisotopic (exact) mass is 276 g/mol. The van der Waals surface area contributed by atoms with Crippen LogP contribution in [-0.2, 0) is 0 Å². The van der Waals surface area contributed by atoms with Gasteiger partial charge in [-0.05, 0) is 28.9 Å². The molecule has 0 spiro atoms. The molecule has 1 aromatic carbocycles. The van der Waals surface area contributed by atoms with Crippen molar-refractivity contribution in [1.29, 1.82) is 0 Å². The first-order valence-electron chi connectivity index (χ1n) is 4.46. The summed E-state index contributed by atoms with van der Waals surface area (Å²) in [4.78, 5) is 0. The summed E-state index contributed by atoms with van der Waals surface area (Å²) >= 11 is 3.10. The lowest BCUT2D eigenvalue weighted by Gasteiger charge is -2.14. The highest BCUT2D eigenvalue weighted by Crippen LogP contribution is 2.28. The second kappa shape index (κ2) is 5.26. The largest absolute Gasteiger partial charge is 0.489 e. The lowest BCUT2D eigenvalue weighted by atomic mass is 10.2. The topological polar surface area (TPSA) is 9.23 Å². The standard InChI is InChI=1S/C11H11BrF2O/c1-3-4-7(2)15-11-6-10(14)9(13)5-8(11)12/h3,5-7H,1,4H2,2H3. The van der Waals surface area contributed by atoms with Crippen molar-refractivity contribution >= 4 is 15.9 Å². The SMILES string of the molecule is C=CCC(C)Oc1cc(F)c(F)cc1Br. The van der Waals surface area contributed by atoms with Gasteiger partial charge in [-0.2, -0.15) is 0 Å². The van der Waals surface area contributed by atoms with E-state index in [1.54, 1.807) is 6.08 Å². The molecule has 1 atom stereocenters. The third-order valence-electron chi connectivity index (χ3n) is 1.80. The Hall–Kier alpha value is -0.900. The minimum absolute atomic E-state index is 0.122. The Morgan fingerprint density at radius 1 is 1.47 bits per heavy atom. The van der Waals surface area contributed by atoms with Crippen LogP contribution in [0, 0.1) is 11.6 Å². The molecule has 1 rings (SSSR count). The molecular weight excluding hydrogens is 266 g/mol. The fourth-order valence-electron chi connectivity index (χ4n) is 1.09. The summed E-state index contributed by atoms with van der Waals surface area (Å²) in [6, 6.07) is 2.07. The summed E-state index contributed by atoms with van der Waals surface area (Å²) in [6.45, 7) is 5.40. The van der Waals surface area contributed by atoms with Crippen molar-refractivity contribution in [2.45, 2.75) is 19.4 Å². The van der Waals surface area contributed by atoms with E-state index < -0.39 is 11.6 Å². The highest BCUT2D eigenvalue weighted by atomic mass is 79.9. The van der Waals surface area contributed by atoms with Crippen molar-refractivity contribution in [2.75, 3.05) is 0 Å². The Morgan fingerprint density at radius 3 is 2.67 bits per heavy atom. The normalized spacial score (nSPS) is 12.3. The quantitative estimate of drug-likeness (QED) is 0.595. The molecule has 0 aromatic heterocycles. The van der Waals surface area contributed by atoms with Crippen LogP contribution in [0.4, 0.5) is 8.78 Å². The Morgan fingerprint density at radius 2 is 2.07 bits per heavy atom. The lowest BCUT2D eigenvalue weighted by Crippen LogP contribution is -2.10. The van der Waals surface area contributed by atoms with E-state index in [9.17, 15) is 8.78 Å². The number of hydrogen-bond donors (Lipinski definition) is 0. The zero-order valence-corrected chi connectivity index (χ0v) is 9.85. The summed E-state index contributed by atoms with van der Waals surface area (Å²) in [5.41, 5.74) is 0. The summed E-state index contributed by atoms with van der Waals surface area (Å²) in [5.74, 6) is -1.52. The summed E-state index contributed by atoms with van der Waals surface area (Å²) in [7, 11) is 0. The van der Waals surface area contributed by atoms with E-state index >= 15 is 0 Å². The van der Waals surface area contributed by atoms with Crippen LogP contribution in [0.1, 0.15) is 13.3 Å². The van der Waals surface area contributed by atoms with E-state index in [-0.39, 0.29) is 6.10 Å². The molecule has 82 valence electrons. The molecule has 1 aromatic rings. The van der Waals surface area contributed by atoms with Crippen LogP contribution in [0.25, 0.3) is 0 Å². The molecule has 0 aliphatic heterocycles. The number of halogens is 3. The lowest BCUT2D eigenvalue weighted by molar-refractivity contribution is 0.222. The predicted molar refractivity (Wildman–Crippen MR) is 59.0 cm³/mol. The summed E-state index contributed by atoms with van der Waals surface area (Å²) in [5, 5.41) is 0. The van der Waals surface area contributed by atoms with Crippen LogP contribution < -0.4 is 4.74 Å². The van der Waals surface area contributed by atoms with Gasteiger partial charge in [0.25, 0.3) is 0 Å². The van der Waals surface area contributed by atoms with Gasteiger partial charge in [-0.1, -0.05) is 6.08 Å². The van der Waals surface area contributed by atoms with Crippen LogP contribution in [-0.4, -0.2) is 6.10 Å². The Labute approximate surface area is 95.9 Å². The smallest absolute Gasteiger partial charge is 0.162 e. The third-order valence-corrected chi connectivity index (χ3v) is 2.42. The summed E-state index contributed by atoms with van der Waals surface area (Å²) < 4.78 is 31.5. The number of ether oxygens (including phenoxy) is 1. The van der Waals surface area contributed by atoms with E-state index in [4.69, 9.17) is 4.74 Å². The van der Waals surface area contributed by atoms with Gasteiger partial charge < -0.3 is 4.74 Å².